The second-order valence-electron chi connectivity index (χ2n) is 7.01. The van der Waals surface area contributed by atoms with Gasteiger partial charge in [0.2, 0.25) is 0 Å². The fourth-order valence-electron chi connectivity index (χ4n) is 3.55. The average Bonchev–Trinajstić information content (AvgIpc) is 2.83. The smallest absolute Gasteiger partial charge is 0.0976 e. The molecular weight excluding hydrogens is 404 g/mol. The number of pyridine rings is 2. The molecule has 0 radical (unpaired) electrons. The van der Waals surface area contributed by atoms with Crippen LogP contribution in [0.25, 0.3) is 21.8 Å². The van der Waals surface area contributed by atoms with Crippen LogP contribution in [0.15, 0.2) is 107 Å². The third-order valence-electron chi connectivity index (χ3n) is 4.99. The van der Waals surface area contributed by atoms with E-state index < -0.39 is 0 Å². The lowest BCUT2D eigenvalue weighted by molar-refractivity contribution is 1.27. The molecule has 3 aromatic carbocycles. The van der Waals surface area contributed by atoms with Crippen molar-refractivity contribution in [2.24, 2.45) is 0 Å². The Morgan fingerprint density at radius 2 is 0.933 bits per heavy atom. The van der Waals surface area contributed by atoms with E-state index in [0.29, 0.717) is 0 Å². The maximum Gasteiger partial charge on any atom is 0.0976 e. The summed E-state index contributed by atoms with van der Waals surface area (Å²) in [6, 6.07) is 29.7. The van der Waals surface area contributed by atoms with E-state index in [2.05, 4.69) is 72.8 Å². The van der Waals surface area contributed by atoms with E-state index in [1.807, 2.05) is 48.1 Å². The maximum absolute atomic E-state index is 4.70. The van der Waals surface area contributed by atoms with Crippen molar-refractivity contribution in [3.05, 3.63) is 108 Å². The van der Waals surface area contributed by atoms with Gasteiger partial charge in [-0.2, -0.15) is 0 Å². The zero-order valence-electron chi connectivity index (χ0n) is 16.4. The molecule has 30 heavy (non-hydrogen) atoms. The molecular formula is C26H20N2S2. The monoisotopic (exact) mass is 424 g/mol. The van der Waals surface area contributed by atoms with Crippen LogP contribution in [0.5, 0.6) is 0 Å². The Bertz CT molecular complexity index is 1190. The minimum absolute atomic E-state index is 0.926. The standard InChI is InChI=1S/C26H20N2S2/c1-3-9-19(10-4-1)17-29-25-21-13-7-15-27-23(21)24-22(14-8-16-28-24)26(25)30-18-20-11-5-2-6-12-20/h1-16H,17-18H2. The fourth-order valence-corrected chi connectivity index (χ4v) is 6.03. The van der Waals surface area contributed by atoms with Gasteiger partial charge in [0.15, 0.2) is 0 Å². The minimum atomic E-state index is 0.926. The number of hydrogen-bond donors (Lipinski definition) is 0. The molecule has 0 amide bonds. The lowest BCUT2D eigenvalue weighted by atomic mass is 10.1. The molecule has 2 nitrogen and oxygen atoms in total. The van der Waals surface area contributed by atoms with Crippen LogP contribution in [0.1, 0.15) is 11.1 Å². The largest absolute Gasteiger partial charge is 0.254 e. The Hall–Kier alpha value is -2.82. The van der Waals surface area contributed by atoms with Gasteiger partial charge in [0.05, 0.1) is 11.0 Å². The Labute approximate surface area is 184 Å². The SMILES string of the molecule is c1ccc(CSc2c(SCc3ccccc3)c3cccnc3c3ncccc23)cc1. The fraction of sp³-hybridized carbons (Fsp3) is 0.0769. The van der Waals surface area contributed by atoms with Crippen molar-refractivity contribution in [2.75, 3.05) is 0 Å². The number of benzene rings is 3. The van der Waals surface area contributed by atoms with Crippen LogP contribution in [-0.4, -0.2) is 9.97 Å². The molecule has 4 heteroatoms. The van der Waals surface area contributed by atoms with E-state index in [1.54, 1.807) is 0 Å². The quantitative estimate of drug-likeness (QED) is 0.210. The van der Waals surface area contributed by atoms with Crippen LogP contribution in [0.4, 0.5) is 0 Å². The van der Waals surface area contributed by atoms with Crippen LogP contribution in [0.3, 0.4) is 0 Å². The summed E-state index contributed by atoms with van der Waals surface area (Å²) >= 11 is 3.78. The first kappa shape index (κ1) is 19.2. The molecule has 5 aromatic rings. The van der Waals surface area contributed by atoms with Gasteiger partial charge in [-0.05, 0) is 23.3 Å². The lowest BCUT2D eigenvalue weighted by Gasteiger charge is -2.16. The first-order chi connectivity index (χ1) is 14.9. The molecule has 0 aliphatic heterocycles. The Balaban J connectivity index is 1.63. The molecule has 2 aromatic heterocycles. The van der Waals surface area contributed by atoms with Crippen molar-refractivity contribution in [3.63, 3.8) is 0 Å². The van der Waals surface area contributed by atoms with Crippen LogP contribution in [-0.2, 0) is 11.5 Å². The maximum atomic E-state index is 4.70. The van der Waals surface area contributed by atoms with E-state index in [0.717, 1.165) is 22.5 Å². The molecule has 5 rings (SSSR count). The highest BCUT2D eigenvalue weighted by atomic mass is 32.2. The number of hydrogen-bond acceptors (Lipinski definition) is 4. The van der Waals surface area contributed by atoms with E-state index in [4.69, 9.17) is 9.97 Å². The number of nitrogens with zero attached hydrogens (tertiary/aromatic N) is 2. The highest BCUT2D eigenvalue weighted by Crippen LogP contribution is 2.44. The van der Waals surface area contributed by atoms with Crippen molar-refractivity contribution in [1.29, 1.82) is 0 Å². The van der Waals surface area contributed by atoms with Gasteiger partial charge in [0, 0.05) is 44.5 Å². The molecule has 0 aliphatic carbocycles. The summed E-state index contributed by atoms with van der Waals surface area (Å²) in [6.07, 6.45) is 3.72. The Kier molecular flexibility index (Phi) is 5.69. The summed E-state index contributed by atoms with van der Waals surface area (Å²) in [7, 11) is 0. The summed E-state index contributed by atoms with van der Waals surface area (Å²) in [6.45, 7) is 0. The van der Waals surface area contributed by atoms with Gasteiger partial charge in [0.1, 0.15) is 0 Å². The zero-order chi connectivity index (χ0) is 20.2. The van der Waals surface area contributed by atoms with Crippen molar-refractivity contribution in [3.8, 4) is 0 Å². The lowest BCUT2D eigenvalue weighted by Crippen LogP contribution is -1.93. The second kappa shape index (κ2) is 8.90. The van der Waals surface area contributed by atoms with Crippen LogP contribution in [0.2, 0.25) is 0 Å². The summed E-state index contributed by atoms with van der Waals surface area (Å²) in [5.41, 5.74) is 4.61. The molecule has 0 bridgehead atoms. The zero-order valence-corrected chi connectivity index (χ0v) is 18.0. The molecule has 0 fully saturated rings. The topological polar surface area (TPSA) is 25.8 Å². The van der Waals surface area contributed by atoms with Crippen LogP contribution in [0, 0.1) is 0 Å². The molecule has 0 N–H and O–H groups in total. The van der Waals surface area contributed by atoms with Gasteiger partial charge in [-0.3, -0.25) is 9.97 Å². The molecule has 0 saturated heterocycles. The molecule has 0 aliphatic rings. The van der Waals surface area contributed by atoms with Gasteiger partial charge in [-0.1, -0.05) is 72.8 Å². The van der Waals surface area contributed by atoms with Gasteiger partial charge in [-0.15, -0.1) is 23.5 Å². The number of thioether (sulfide) groups is 2. The first-order valence-electron chi connectivity index (χ1n) is 9.89. The minimum Gasteiger partial charge on any atom is -0.254 e. The highest BCUT2D eigenvalue weighted by Gasteiger charge is 2.17. The number of fused-ring (bicyclic) bond motifs is 3. The Morgan fingerprint density at radius 1 is 0.500 bits per heavy atom. The van der Waals surface area contributed by atoms with E-state index >= 15 is 0 Å². The molecule has 2 heterocycles. The van der Waals surface area contributed by atoms with Crippen LogP contribution >= 0.6 is 23.5 Å². The predicted octanol–water partition coefficient (Wildman–Crippen LogP) is 7.37. The summed E-state index contributed by atoms with van der Waals surface area (Å²) in [4.78, 5) is 12.0. The molecule has 0 unspecified atom stereocenters. The number of aromatic nitrogens is 2. The van der Waals surface area contributed by atoms with E-state index in [1.165, 1.54) is 31.7 Å². The van der Waals surface area contributed by atoms with Gasteiger partial charge < -0.3 is 0 Å². The normalized spacial score (nSPS) is 11.2. The van der Waals surface area contributed by atoms with E-state index in [-0.39, 0.29) is 0 Å². The second-order valence-corrected chi connectivity index (χ2v) is 8.98. The first-order valence-corrected chi connectivity index (χ1v) is 11.9. The van der Waals surface area contributed by atoms with Gasteiger partial charge in [0.25, 0.3) is 0 Å². The van der Waals surface area contributed by atoms with Crippen molar-refractivity contribution >= 4 is 45.3 Å². The Morgan fingerprint density at radius 3 is 1.37 bits per heavy atom. The third kappa shape index (κ3) is 3.93. The molecule has 0 atom stereocenters. The predicted molar refractivity (Wildman–Crippen MR) is 129 cm³/mol. The third-order valence-corrected chi connectivity index (χ3v) is 7.50. The molecule has 0 saturated carbocycles. The van der Waals surface area contributed by atoms with Crippen LogP contribution < -0.4 is 0 Å². The van der Waals surface area contributed by atoms with Crippen molar-refractivity contribution in [1.82, 2.24) is 9.97 Å². The van der Waals surface area contributed by atoms with Crippen molar-refractivity contribution < 1.29 is 0 Å². The summed E-state index contributed by atoms with van der Waals surface area (Å²) in [5.74, 6) is 1.85. The summed E-state index contributed by atoms with van der Waals surface area (Å²) < 4.78 is 0. The van der Waals surface area contributed by atoms with Crippen molar-refractivity contribution in [2.45, 2.75) is 21.3 Å². The van der Waals surface area contributed by atoms with Gasteiger partial charge >= 0.3 is 0 Å². The average molecular weight is 425 g/mol. The number of rotatable bonds is 6. The highest BCUT2D eigenvalue weighted by molar-refractivity contribution is 8.01. The molecule has 0 spiro atoms. The summed E-state index contributed by atoms with van der Waals surface area (Å²) in [5, 5.41) is 2.36. The van der Waals surface area contributed by atoms with Gasteiger partial charge in [-0.25, -0.2) is 0 Å². The van der Waals surface area contributed by atoms with E-state index in [9.17, 15) is 0 Å². The molecule has 146 valence electrons.